The molecule has 84 valence electrons. The summed E-state index contributed by atoms with van der Waals surface area (Å²) in [6.45, 7) is 1.82. The maximum atomic E-state index is 12.1. The fraction of sp³-hybridized carbons (Fsp3) is 0.500. The highest BCUT2D eigenvalue weighted by molar-refractivity contribution is 5.98. The minimum Gasteiger partial charge on any atom is -0.445 e. The Morgan fingerprint density at radius 2 is 2.25 bits per heavy atom. The highest BCUT2D eigenvalue weighted by Gasteiger charge is 2.46. The van der Waals surface area contributed by atoms with E-state index in [1.165, 1.54) is 4.90 Å². The number of anilines is 1. The lowest BCUT2D eigenvalue weighted by Gasteiger charge is -2.35. The van der Waals surface area contributed by atoms with Crippen molar-refractivity contribution in [1.82, 2.24) is 0 Å². The van der Waals surface area contributed by atoms with E-state index in [4.69, 9.17) is 9.68 Å². The minimum absolute atomic E-state index is 0.157. The maximum absolute atomic E-state index is 12.1. The van der Waals surface area contributed by atoms with Crippen LogP contribution in [0.25, 0.3) is 0 Å². The lowest BCUT2D eigenvalue weighted by molar-refractivity contribution is -0.128. The van der Waals surface area contributed by atoms with Gasteiger partial charge in [-0.25, -0.2) is 0 Å². The quantitative estimate of drug-likeness (QED) is 0.764. The molecule has 4 nitrogen and oxygen atoms in total. The number of nitrogens with zero attached hydrogens (tertiary/aromatic N) is 2. The third-order valence-electron chi connectivity index (χ3n) is 3.19. The van der Waals surface area contributed by atoms with Gasteiger partial charge >= 0.3 is 0 Å². The molecule has 1 amide bonds. The second-order valence-electron chi connectivity index (χ2n) is 4.30. The predicted octanol–water partition coefficient (Wildman–Crippen LogP) is 2.24. The van der Waals surface area contributed by atoms with E-state index in [2.05, 4.69) is 6.07 Å². The summed E-state index contributed by atoms with van der Waals surface area (Å²) < 4.78 is 5.37. The van der Waals surface area contributed by atoms with E-state index >= 15 is 0 Å². The number of amides is 1. The van der Waals surface area contributed by atoms with Gasteiger partial charge in [0, 0.05) is 13.1 Å². The summed E-state index contributed by atoms with van der Waals surface area (Å²) in [7, 11) is 1.65. The first-order valence-electron chi connectivity index (χ1n) is 5.35. The molecule has 1 fully saturated rings. The molecule has 0 unspecified atom stereocenters. The van der Waals surface area contributed by atoms with Crippen LogP contribution in [0.5, 0.6) is 0 Å². The molecular formula is C12H14N2O2. The van der Waals surface area contributed by atoms with Crippen molar-refractivity contribution in [2.45, 2.75) is 26.2 Å². The zero-order chi connectivity index (χ0) is 11.8. The topological polar surface area (TPSA) is 57.2 Å². The first kappa shape index (κ1) is 10.7. The highest BCUT2D eigenvalue weighted by Crippen LogP contribution is 2.42. The van der Waals surface area contributed by atoms with E-state index in [0.717, 1.165) is 12.2 Å². The second kappa shape index (κ2) is 3.67. The molecule has 1 aliphatic carbocycles. The van der Waals surface area contributed by atoms with Crippen molar-refractivity contribution in [3.8, 4) is 6.07 Å². The fourth-order valence-corrected chi connectivity index (χ4v) is 1.93. The van der Waals surface area contributed by atoms with Gasteiger partial charge in [0.25, 0.3) is 0 Å². The average molecular weight is 218 g/mol. The van der Waals surface area contributed by atoms with Crippen LogP contribution in [0, 0.1) is 23.7 Å². The summed E-state index contributed by atoms with van der Waals surface area (Å²) in [5.74, 6) is 1.11. The van der Waals surface area contributed by atoms with Crippen molar-refractivity contribution in [3.63, 3.8) is 0 Å². The van der Waals surface area contributed by atoms with Crippen LogP contribution in [-0.4, -0.2) is 13.0 Å². The molecule has 0 radical (unpaired) electrons. The Bertz CT molecular complexity index is 452. The molecule has 0 spiro atoms. The molecule has 16 heavy (non-hydrogen) atoms. The third-order valence-corrected chi connectivity index (χ3v) is 3.19. The van der Waals surface area contributed by atoms with E-state index in [0.29, 0.717) is 18.7 Å². The molecule has 0 bridgehead atoms. The SMILES string of the molecule is Cc1ccc(N(C)C(=O)C2(C#N)CCC2)o1. The van der Waals surface area contributed by atoms with Crippen LogP contribution < -0.4 is 4.90 Å². The Hall–Kier alpha value is -1.76. The molecule has 2 rings (SSSR count). The lowest BCUT2D eigenvalue weighted by Crippen LogP contribution is -2.45. The smallest absolute Gasteiger partial charge is 0.249 e. The monoisotopic (exact) mass is 218 g/mol. The molecule has 1 aromatic heterocycles. The number of furan rings is 1. The van der Waals surface area contributed by atoms with Gasteiger partial charge in [-0.05, 0) is 32.3 Å². The molecule has 0 aromatic carbocycles. The van der Waals surface area contributed by atoms with Crippen molar-refractivity contribution < 1.29 is 9.21 Å². The average Bonchev–Trinajstić information content (AvgIpc) is 2.63. The molecule has 1 saturated carbocycles. The number of hydrogen-bond donors (Lipinski definition) is 0. The summed E-state index contributed by atoms with van der Waals surface area (Å²) in [5.41, 5.74) is -0.810. The lowest BCUT2D eigenvalue weighted by atomic mass is 9.69. The number of hydrogen-bond acceptors (Lipinski definition) is 3. The predicted molar refractivity (Wildman–Crippen MR) is 58.8 cm³/mol. The normalized spacial score (nSPS) is 17.3. The van der Waals surface area contributed by atoms with Gasteiger partial charge in [-0.2, -0.15) is 5.26 Å². The van der Waals surface area contributed by atoms with Gasteiger partial charge in [-0.3, -0.25) is 9.69 Å². The first-order chi connectivity index (χ1) is 7.59. The molecule has 1 aliphatic rings. The zero-order valence-electron chi connectivity index (χ0n) is 9.49. The first-order valence-corrected chi connectivity index (χ1v) is 5.35. The van der Waals surface area contributed by atoms with E-state index < -0.39 is 5.41 Å². The van der Waals surface area contributed by atoms with Crippen LogP contribution >= 0.6 is 0 Å². The second-order valence-corrected chi connectivity index (χ2v) is 4.30. The minimum atomic E-state index is -0.810. The van der Waals surface area contributed by atoms with Gasteiger partial charge in [0.15, 0.2) is 0 Å². The van der Waals surface area contributed by atoms with Crippen molar-refractivity contribution in [2.75, 3.05) is 11.9 Å². The Labute approximate surface area is 94.5 Å². The molecule has 1 heterocycles. The molecule has 1 aromatic rings. The van der Waals surface area contributed by atoms with Crippen molar-refractivity contribution in [2.24, 2.45) is 5.41 Å². The molecule has 0 saturated heterocycles. The largest absolute Gasteiger partial charge is 0.445 e. The van der Waals surface area contributed by atoms with Crippen molar-refractivity contribution in [1.29, 1.82) is 5.26 Å². The molecule has 0 aliphatic heterocycles. The number of aryl methyl sites for hydroxylation is 1. The van der Waals surface area contributed by atoms with Crippen LogP contribution in [0.4, 0.5) is 5.88 Å². The highest BCUT2D eigenvalue weighted by atomic mass is 16.4. The van der Waals surface area contributed by atoms with Crippen LogP contribution in [0.15, 0.2) is 16.5 Å². The Kier molecular flexibility index (Phi) is 2.47. The summed E-state index contributed by atoms with van der Waals surface area (Å²) in [6, 6.07) is 5.69. The Balaban J connectivity index is 2.20. The summed E-state index contributed by atoms with van der Waals surface area (Å²) >= 11 is 0. The molecule has 4 heteroatoms. The van der Waals surface area contributed by atoms with Gasteiger partial charge < -0.3 is 4.42 Å². The number of rotatable bonds is 2. The fourth-order valence-electron chi connectivity index (χ4n) is 1.93. The molecule has 0 N–H and O–H groups in total. The summed E-state index contributed by atoms with van der Waals surface area (Å²) in [5, 5.41) is 9.08. The number of carbonyl (C=O) groups excluding carboxylic acids is 1. The van der Waals surface area contributed by atoms with Gasteiger partial charge in [0.2, 0.25) is 11.8 Å². The van der Waals surface area contributed by atoms with Gasteiger partial charge in [0.1, 0.15) is 11.2 Å². The summed E-state index contributed by atoms with van der Waals surface area (Å²) in [4.78, 5) is 13.6. The van der Waals surface area contributed by atoms with Crippen molar-refractivity contribution >= 4 is 11.8 Å². The van der Waals surface area contributed by atoms with Crippen LogP contribution in [0.1, 0.15) is 25.0 Å². The number of nitriles is 1. The van der Waals surface area contributed by atoms with E-state index in [1.807, 2.05) is 6.92 Å². The maximum Gasteiger partial charge on any atom is 0.249 e. The van der Waals surface area contributed by atoms with E-state index in [-0.39, 0.29) is 5.91 Å². The van der Waals surface area contributed by atoms with Crippen LogP contribution in [0.2, 0.25) is 0 Å². The van der Waals surface area contributed by atoms with Gasteiger partial charge in [0.05, 0.1) is 6.07 Å². The van der Waals surface area contributed by atoms with E-state index in [9.17, 15) is 4.79 Å². The van der Waals surface area contributed by atoms with Gasteiger partial charge in [-0.1, -0.05) is 0 Å². The van der Waals surface area contributed by atoms with Crippen LogP contribution in [-0.2, 0) is 4.79 Å². The van der Waals surface area contributed by atoms with E-state index in [1.54, 1.807) is 19.2 Å². The standard InChI is InChI=1S/C12H14N2O2/c1-9-4-5-10(16-9)14(2)11(15)12(8-13)6-3-7-12/h4-5H,3,6-7H2,1-2H3. The Morgan fingerprint density at radius 3 is 2.62 bits per heavy atom. The Morgan fingerprint density at radius 1 is 1.56 bits per heavy atom. The molecule has 0 atom stereocenters. The zero-order valence-corrected chi connectivity index (χ0v) is 9.49. The molecular weight excluding hydrogens is 204 g/mol. The van der Waals surface area contributed by atoms with Gasteiger partial charge in [-0.15, -0.1) is 0 Å². The number of carbonyl (C=O) groups is 1. The van der Waals surface area contributed by atoms with Crippen LogP contribution in [0.3, 0.4) is 0 Å². The van der Waals surface area contributed by atoms with Crippen molar-refractivity contribution in [3.05, 3.63) is 17.9 Å². The third kappa shape index (κ3) is 1.49. The summed E-state index contributed by atoms with van der Waals surface area (Å²) in [6.07, 6.45) is 2.27.